The summed E-state index contributed by atoms with van der Waals surface area (Å²) in [6.45, 7) is 1.92. The molecule has 0 spiro atoms. The Hall–Kier alpha value is -2.97. The van der Waals surface area contributed by atoms with Crippen molar-refractivity contribution in [3.05, 3.63) is 47.4 Å². The molecular formula is C22H28N6O6S. The summed E-state index contributed by atoms with van der Waals surface area (Å²) in [6, 6.07) is 8.78. The number of rotatable bonds is 9. The molecule has 12 nitrogen and oxygen atoms in total. The topological polar surface area (TPSA) is 175 Å². The Morgan fingerprint density at radius 1 is 1.14 bits per heavy atom. The van der Waals surface area contributed by atoms with Gasteiger partial charge >= 0.3 is 0 Å². The third kappa shape index (κ3) is 5.33. The van der Waals surface area contributed by atoms with Gasteiger partial charge < -0.3 is 25.6 Å². The second-order valence-corrected chi connectivity index (χ2v) is 10.0. The molecule has 5 N–H and O–H groups in total. The minimum absolute atomic E-state index is 0.165. The van der Waals surface area contributed by atoms with Gasteiger partial charge in [0.25, 0.3) is 5.91 Å². The number of fused-ring (bicyclic) bond motifs is 1. The van der Waals surface area contributed by atoms with Crippen molar-refractivity contribution in [2.24, 2.45) is 4.99 Å². The van der Waals surface area contributed by atoms with Crippen LogP contribution in [0.4, 0.5) is 11.5 Å². The van der Waals surface area contributed by atoms with Crippen molar-refractivity contribution in [2.75, 3.05) is 18.9 Å². The van der Waals surface area contributed by atoms with Gasteiger partial charge in [0.2, 0.25) is 10.0 Å². The summed E-state index contributed by atoms with van der Waals surface area (Å²) in [7, 11) is -2.01. The summed E-state index contributed by atoms with van der Waals surface area (Å²) >= 11 is 0. The van der Waals surface area contributed by atoms with E-state index in [1.807, 2.05) is 6.07 Å². The lowest BCUT2D eigenvalue weighted by molar-refractivity contribution is -0.135. The zero-order valence-corrected chi connectivity index (χ0v) is 20.1. The zero-order valence-electron chi connectivity index (χ0n) is 19.2. The number of nitrogens with one attached hydrogen (secondary N) is 3. The summed E-state index contributed by atoms with van der Waals surface area (Å²) in [5.74, 6) is -0.828. The van der Waals surface area contributed by atoms with Gasteiger partial charge in [0.05, 0.1) is 23.9 Å². The average molecular weight is 505 g/mol. The van der Waals surface area contributed by atoms with Gasteiger partial charge in [0.15, 0.2) is 11.9 Å². The summed E-state index contributed by atoms with van der Waals surface area (Å²) in [4.78, 5) is 25.4. The van der Waals surface area contributed by atoms with Crippen molar-refractivity contribution < 1.29 is 28.2 Å². The smallest absolute Gasteiger partial charge is 0.251 e. The first kappa shape index (κ1) is 25.1. The Morgan fingerprint density at radius 2 is 1.89 bits per heavy atom. The SMILES string of the molecule is CCNC(=O)[C@H]1O[C@@H](C2C=Nc3c(NC)nc(CNS(=O)(=O)Cc4ccccc4)nc32)[C@H](O)[C@@H]1O. The van der Waals surface area contributed by atoms with Gasteiger partial charge in [-0.05, 0) is 12.5 Å². The van der Waals surface area contributed by atoms with E-state index in [1.165, 1.54) is 6.21 Å². The van der Waals surface area contributed by atoms with Crippen LogP contribution < -0.4 is 15.4 Å². The Morgan fingerprint density at radius 3 is 2.57 bits per heavy atom. The van der Waals surface area contributed by atoms with Crippen molar-refractivity contribution in [2.45, 2.75) is 49.6 Å². The minimum atomic E-state index is -3.66. The number of carbonyl (C=O) groups excluding carboxylic acids is 1. The van der Waals surface area contributed by atoms with Gasteiger partial charge in [-0.25, -0.2) is 23.1 Å². The van der Waals surface area contributed by atoms with Gasteiger partial charge in [-0.1, -0.05) is 30.3 Å². The molecule has 0 bridgehead atoms. The number of aliphatic hydroxyl groups excluding tert-OH is 2. The van der Waals surface area contributed by atoms with Gasteiger partial charge in [-0.2, -0.15) is 0 Å². The van der Waals surface area contributed by atoms with Gasteiger partial charge in [0.1, 0.15) is 29.8 Å². The van der Waals surface area contributed by atoms with E-state index in [0.717, 1.165) is 0 Å². The van der Waals surface area contributed by atoms with Crippen LogP contribution in [-0.4, -0.2) is 78.7 Å². The van der Waals surface area contributed by atoms with Crippen LogP contribution in [0.1, 0.15) is 29.9 Å². The van der Waals surface area contributed by atoms with Crippen LogP contribution in [0.15, 0.2) is 35.3 Å². The first-order valence-electron chi connectivity index (χ1n) is 11.2. The molecule has 1 unspecified atom stereocenters. The lowest BCUT2D eigenvalue weighted by Gasteiger charge is -2.20. The van der Waals surface area contributed by atoms with Crippen LogP contribution in [0.25, 0.3) is 0 Å². The molecule has 1 fully saturated rings. The molecule has 2 aromatic rings. The first-order chi connectivity index (χ1) is 16.7. The zero-order chi connectivity index (χ0) is 25.2. The number of likely N-dealkylation sites (N-methyl/N-ethyl adjacent to an activating group) is 1. The number of hydrogen-bond acceptors (Lipinski definition) is 10. The molecule has 1 amide bonds. The Bertz CT molecular complexity index is 1210. The predicted octanol–water partition coefficient (Wildman–Crippen LogP) is -0.437. The molecule has 35 heavy (non-hydrogen) atoms. The largest absolute Gasteiger partial charge is 0.388 e. The number of aromatic nitrogens is 2. The third-order valence-corrected chi connectivity index (χ3v) is 7.09. The van der Waals surface area contributed by atoms with E-state index in [-0.39, 0.29) is 18.1 Å². The van der Waals surface area contributed by atoms with Crippen molar-refractivity contribution >= 4 is 33.7 Å². The van der Waals surface area contributed by atoms with Crippen LogP contribution in [0.3, 0.4) is 0 Å². The quantitative estimate of drug-likeness (QED) is 0.303. The number of aliphatic hydroxyl groups is 2. The lowest BCUT2D eigenvalue weighted by atomic mass is 9.94. The van der Waals surface area contributed by atoms with Crippen molar-refractivity contribution in [3.8, 4) is 0 Å². The molecule has 2 aliphatic rings. The summed E-state index contributed by atoms with van der Waals surface area (Å²) in [5.41, 5.74) is 1.46. The molecule has 0 saturated carbocycles. The van der Waals surface area contributed by atoms with Crippen LogP contribution in [0.5, 0.6) is 0 Å². The molecule has 1 saturated heterocycles. The molecule has 4 rings (SSSR count). The molecule has 1 aromatic carbocycles. The molecule has 2 aliphatic heterocycles. The van der Waals surface area contributed by atoms with E-state index in [2.05, 4.69) is 30.3 Å². The molecule has 0 aliphatic carbocycles. The standard InChI is InChI=1S/C22H28N6O6S/c1-3-24-22(31)20-18(30)17(29)19(34-20)13-9-25-16-15(13)27-14(28-21(16)23-2)10-26-35(32,33)11-12-7-5-4-6-8-12/h4-9,13,17-20,26,29-30H,3,10-11H2,1-2H3,(H,24,31)(H,23,27,28)/t13?,17-,18+,19+,20+/m1/s1. The maximum Gasteiger partial charge on any atom is 0.251 e. The lowest BCUT2D eigenvalue weighted by Crippen LogP contribution is -2.42. The van der Waals surface area contributed by atoms with Gasteiger partial charge in [-0.15, -0.1) is 0 Å². The molecule has 3 heterocycles. The van der Waals surface area contributed by atoms with Crippen molar-refractivity contribution in [1.29, 1.82) is 0 Å². The Balaban J connectivity index is 1.54. The normalized spacial score (nSPS) is 25.4. The van der Waals surface area contributed by atoms with E-state index in [0.29, 0.717) is 29.3 Å². The second-order valence-electron chi connectivity index (χ2n) is 8.24. The summed E-state index contributed by atoms with van der Waals surface area (Å²) < 4.78 is 33.3. The fourth-order valence-corrected chi connectivity index (χ4v) is 5.19. The average Bonchev–Trinajstić information content (AvgIpc) is 3.38. The number of benzene rings is 1. The van der Waals surface area contributed by atoms with Crippen molar-refractivity contribution in [3.63, 3.8) is 0 Å². The number of amides is 1. The molecule has 13 heteroatoms. The van der Waals surface area contributed by atoms with Crippen LogP contribution >= 0.6 is 0 Å². The Labute approximate surface area is 202 Å². The number of carbonyl (C=O) groups is 1. The maximum absolute atomic E-state index is 12.5. The number of aliphatic imine (C=N–C) groups is 1. The van der Waals surface area contributed by atoms with E-state index < -0.39 is 46.3 Å². The Kier molecular flexibility index (Phi) is 7.42. The highest BCUT2D eigenvalue weighted by atomic mass is 32.2. The molecule has 1 aromatic heterocycles. The number of hydrogen-bond donors (Lipinski definition) is 5. The van der Waals surface area contributed by atoms with E-state index in [1.54, 1.807) is 38.2 Å². The third-order valence-electron chi connectivity index (χ3n) is 5.79. The molecule has 0 radical (unpaired) electrons. The van der Waals surface area contributed by atoms with E-state index in [9.17, 15) is 23.4 Å². The van der Waals surface area contributed by atoms with E-state index >= 15 is 0 Å². The summed E-state index contributed by atoms with van der Waals surface area (Å²) in [5, 5.41) is 26.5. The second kappa shape index (κ2) is 10.3. The van der Waals surface area contributed by atoms with Crippen LogP contribution in [-0.2, 0) is 31.9 Å². The monoisotopic (exact) mass is 504 g/mol. The number of ether oxygens (including phenoxy) is 1. The number of anilines is 1. The minimum Gasteiger partial charge on any atom is -0.388 e. The van der Waals surface area contributed by atoms with Crippen LogP contribution in [0.2, 0.25) is 0 Å². The fourth-order valence-electron chi connectivity index (χ4n) is 4.11. The first-order valence-corrected chi connectivity index (χ1v) is 12.8. The number of nitrogens with zero attached hydrogens (tertiary/aromatic N) is 3. The number of sulfonamides is 1. The molecule has 188 valence electrons. The maximum atomic E-state index is 12.5. The van der Waals surface area contributed by atoms with Gasteiger partial charge in [0, 0.05) is 19.8 Å². The van der Waals surface area contributed by atoms with Crippen LogP contribution in [0, 0.1) is 0 Å². The highest BCUT2D eigenvalue weighted by molar-refractivity contribution is 7.88. The summed E-state index contributed by atoms with van der Waals surface area (Å²) in [6.07, 6.45) is -3.47. The van der Waals surface area contributed by atoms with E-state index in [4.69, 9.17) is 4.74 Å². The highest BCUT2D eigenvalue weighted by Gasteiger charge is 2.50. The van der Waals surface area contributed by atoms with Gasteiger partial charge in [-0.3, -0.25) is 9.79 Å². The fraction of sp³-hybridized carbons (Fsp3) is 0.455. The predicted molar refractivity (Wildman–Crippen MR) is 128 cm³/mol. The molecular weight excluding hydrogens is 476 g/mol. The van der Waals surface area contributed by atoms with Crippen molar-refractivity contribution in [1.82, 2.24) is 20.0 Å². The highest BCUT2D eigenvalue weighted by Crippen LogP contribution is 2.41. The molecule has 5 atom stereocenters.